The Labute approximate surface area is 133 Å². The molecule has 0 aliphatic heterocycles. The molecule has 0 spiro atoms. The number of halogens is 3. The van der Waals surface area contributed by atoms with Crippen LogP contribution in [0.25, 0.3) is 0 Å². The summed E-state index contributed by atoms with van der Waals surface area (Å²) in [5, 5.41) is 13.0. The van der Waals surface area contributed by atoms with Gasteiger partial charge in [0, 0.05) is 18.2 Å². The third-order valence-electron chi connectivity index (χ3n) is 2.31. The van der Waals surface area contributed by atoms with E-state index in [1.807, 2.05) is 0 Å². The minimum atomic E-state index is -0.686. The lowest BCUT2D eigenvalue weighted by molar-refractivity contribution is -0.384. The molecule has 0 saturated heterocycles. The molecule has 108 valence electrons. The fourth-order valence-corrected chi connectivity index (χ4v) is 2.05. The summed E-state index contributed by atoms with van der Waals surface area (Å²) in [6, 6.07) is 4.78. The summed E-state index contributed by atoms with van der Waals surface area (Å²) in [7, 11) is 0. The van der Waals surface area contributed by atoms with Gasteiger partial charge in [0.2, 0.25) is 5.28 Å². The van der Waals surface area contributed by atoms with Gasteiger partial charge in [0.05, 0.1) is 15.5 Å². The zero-order valence-corrected chi connectivity index (χ0v) is 12.3. The quantitative estimate of drug-likeness (QED) is 0.396. The molecule has 10 heteroatoms. The first kappa shape index (κ1) is 15.4. The maximum atomic E-state index is 12.1. The number of nitrogens with one attached hydrogen (secondary N) is 1. The highest BCUT2D eigenvalue weighted by Crippen LogP contribution is 2.23. The van der Waals surface area contributed by atoms with Crippen molar-refractivity contribution >= 4 is 52.2 Å². The van der Waals surface area contributed by atoms with Crippen LogP contribution in [0.3, 0.4) is 0 Å². The minimum absolute atomic E-state index is 0.0374. The summed E-state index contributed by atoms with van der Waals surface area (Å²) in [6.45, 7) is 0. The number of amides is 1. The van der Waals surface area contributed by atoms with Gasteiger partial charge in [-0.25, -0.2) is 9.97 Å². The fourth-order valence-electron chi connectivity index (χ4n) is 1.44. The fraction of sp³-hybridized carbons (Fsp3) is 0. The lowest BCUT2D eigenvalue weighted by atomic mass is 10.2. The minimum Gasteiger partial charge on any atom is -0.306 e. The van der Waals surface area contributed by atoms with E-state index in [4.69, 9.17) is 34.8 Å². The monoisotopic (exact) mass is 346 g/mol. The first-order chi connectivity index (χ1) is 9.86. The standard InChI is InChI=1S/C11H5Cl3N4O3/c12-7-2-1-5(18(20)21)3-6(7)10(19)16-9-4-8(13)15-11(14)17-9/h1-4H,(H,15,16,17,19). The SMILES string of the molecule is O=C(Nc1cc(Cl)nc(Cl)n1)c1cc([N+](=O)[O-])ccc1Cl. The Morgan fingerprint density at radius 1 is 1.19 bits per heavy atom. The van der Waals surface area contributed by atoms with Crippen LogP contribution in [0.15, 0.2) is 24.3 Å². The smallest absolute Gasteiger partial charge is 0.270 e. The number of aromatic nitrogens is 2. The van der Waals surface area contributed by atoms with Crippen molar-refractivity contribution in [1.82, 2.24) is 9.97 Å². The van der Waals surface area contributed by atoms with Crippen LogP contribution >= 0.6 is 34.8 Å². The summed E-state index contributed by atoms with van der Waals surface area (Å²) in [6.07, 6.45) is 0. The van der Waals surface area contributed by atoms with Crippen molar-refractivity contribution in [1.29, 1.82) is 0 Å². The number of nitrogens with zero attached hydrogens (tertiary/aromatic N) is 3. The van der Waals surface area contributed by atoms with Crippen molar-refractivity contribution in [2.24, 2.45) is 0 Å². The second kappa shape index (κ2) is 6.21. The van der Waals surface area contributed by atoms with Crippen LogP contribution in [0.5, 0.6) is 0 Å². The van der Waals surface area contributed by atoms with Gasteiger partial charge in [-0.3, -0.25) is 14.9 Å². The topological polar surface area (TPSA) is 98.0 Å². The molecule has 0 fully saturated rings. The van der Waals surface area contributed by atoms with E-state index in [-0.39, 0.29) is 32.5 Å². The van der Waals surface area contributed by atoms with Gasteiger partial charge in [-0.15, -0.1) is 0 Å². The van der Waals surface area contributed by atoms with Gasteiger partial charge in [-0.05, 0) is 17.7 Å². The number of anilines is 1. The second-order valence-electron chi connectivity index (χ2n) is 3.72. The highest BCUT2D eigenvalue weighted by molar-refractivity contribution is 6.34. The van der Waals surface area contributed by atoms with E-state index >= 15 is 0 Å². The first-order valence-electron chi connectivity index (χ1n) is 5.32. The number of benzene rings is 1. The maximum Gasteiger partial charge on any atom is 0.270 e. The van der Waals surface area contributed by atoms with Gasteiger partial charge in [0.1, 0.15) is 11.0 Å². The molecule has 0 aliphatic rings. The van der Waals surface area contributed by atoms with Crippen LogP contribution in [0.1, 0.15) is 10.4 Å². The zero-order valence-electron chi connectivity index (χ0n) is 10.0. The molecule has 7 nitrogen and oxygen atoms in total. The number of non-ortho nitro benzene ring substituents is 1. The van der Waals surface area contributed by atoms with E-state index in [9.17, 15) is 14.9 Å². The molecule has 0 unspecified atom stereocenters. The molecule has 1 aromatic heterocycles. The van der Waals surface area contributed by atoms with Crippen LogP contribution in [0.2, 0.25) is 15.5 Å². The van der Waals surface area contributed by atoms with Gasteiger partial charge < -0.3 is 5.32 Å². The normalized spacial score (nSPS) is 10.2. The van der Waals surface area contributed by atoms with Crippen molar-refractivity contribution in [3.05, 3.63) is 55.4 Å². The summed E-state index contributed by atoms with van der Waals surface area (Å²) in [4.78, 5) is 29.5. The highest BCUT2D eigenvalue weighted by atomic mass is 35.5. The molecule has 0 saturated carbocycles. The molecule has 2 rings (SSSR count). The maximum absolute atomic E-state index is 12.1. The van der Waals surface area contributed by atoms with Crippen LogP contribution < -0.4 is 5.32 Å². The molecule has 1 heterocycles. The van der Waals surface area contributed by atoms with Crippen molar-refractivity contribution in [2.75, 3.05) is 5.32 Å². The van der Waals surface area contributed by atoms with E-state index in [0.717, 1.165) is 6.07 Å². The van der Waals surface area contributed by atoms with Crippen LogP contribution in [-0.4, -0.2) is 20.8 Å². The summed E-state index contributed by atoms with van der Waals surface area (Å²) in [5.41, 5.74) is -0.333. The van der Waals surface area contributed by atoms with Gasteiger partial charge in [0.15, 0.2) is 0 Å². The van der Waals surface area contributed by atoms with E-state index in [1.165, 1.54) is 18.2 Å². The van der Waals surface area contributed by atoms with Gasteiger partial charge in [0.25, 0.3) is 11.6 Å². The van der Waals surface area contributed by atoms with Crippen molar-refractivity contribution in [2.45, 2.75) is 0 Å². The van der Waals surface area contributed by atoms with Crippen LogP contribution in [-0.2, 0) is 0 Å². The zero-order chi connectivity index (χ0) is 15.6. The molecule has 1 N–H and O–H groups in total. The Bertz CT molecular complexity index is 718. The van der Waals surface area contributed by atoms with Crippen molar-refractivity contribution < 1.29 is 9.72 Å². The second-order valence-corrected chi connectivity index (χ2v) is 4.85. The number of carbonyl (C=O) groups excluding carboxylic acids is 1. The molecule has 1 aromatic carbocycles. The van der Waals surface area contributed by atoms with Gasteiger partial charge >= 0.3 is 0 Å². The molecule has 2 aromatic rings. The van der Waals surface area contributed by atoms with Crippen molar-refractivity contribution in [3.63, 3.8) is 0 Å². The lowest BCUT2D eigenvalue weighted by Crippen LogP contribution is -2.14. The lowest BCUT2D eigenvalue weighted by Gasteiger charge is -2.06. The largest absolute Gasteiger partial charge is 0.306 e. The molecule has 1 amide bonds. The molecular weight excluding hydrogens is 343 g/mol. The average molecular weight is 348 g/mol. The number of hydrogen-bond donors (Lipinski definition) is 1. The number of nitro groups is 1. The van der Waals surface area contributed by atoms with Crippen molar-refractivity contribution in [3.8, 4) is 0 Å². The van der Waals surface area contributed by atoms with Crippen LogP contribution in [0.4, 0.5) is 11.5 Å². The van der Waals surface area contributed by atoms with E-state index < -0.39 is 10.8 Å². The van der Waals surface area contributed by atoms with E-state index in [1.54, 1.807) is 0 Å². The van der Waals surface area contributed by atoms with Crippen LogP contribution in [0, 0.1) is 10.1 Å². The van der Waals surface area contributed by atoms with E-state index in [0.29, 0.717) is 0 Å². The summed E-state index contributed by atoms with van der Waals surface area (Å²) >= 11 is 17.1. The predicted octanol–water partition coefficient (Wildman–Crippen LogP) is 3.60. The van der Waals surface area contributed by atoms with Gasteiger partial charge in [-0.2, -0.15) is 0 Å². The number of rotatable bonds is 3. The number of hydrogen-bond acceptors (Lipinski definition) is 5. The summed E-state index contributed by atoms with van der Waals surface area (Å²) in [5.74, 6) is -0.637. The Morgan fingerprint density at radius 2 is 1.90 bits per heavy atom. The predicted molar refractivity (Wildman–Crippen MR) is 78.1 cm³/mol. The Kier molecular flexibility index (Phi) is 4.56. The Balaban J connectivity index is 2.31. The number of carbonyl (C=O) groups is 1. The molecular formula is C11H5Cl3N4O3. The Morgan fingerprint density at radius 3 is 2.52 bits per heavy atom. The molecule has 21 heavy (non-hydrogen) atoms. The molecule has 0 radical (unpaired) electrons. The third kappa shape index (κ3) is 3.78. The molecule has 0 aliphatic carbocycles. The van der Waals surface area contributed by atoms with Gasteiger partial charge in [-0.1, -0.05) is 23.2 Å². The highest BCUT2D eigenvalue weighted by Gasteiger charge is 2.16. The number of nitro benzene ring substituents is 1. The Hall–Kier alpha value is -1.96. The van der Waals surface area contributed by atoms with E-state index in [2.05, 4.69) is 15.3 Å². The third-order valence-corrected chi connectivity index (χ3v) is 3.01. The average Bonchev–Trinajstić information content (AvgIpc) is 2.37. The molecule has 0 bridgehead atoms. The summed E-state index contributed by atoms with van der Waals surface area (Å²) < 4.78 is 0. The first-order valence-corrected chi connectivity index (χ1v) is 6.45. The molecule has 0 atom stereocenters.